The van der Waals surface area contributed by atoms with E-state index in [1.165, 1.54) is 12.1 Å². The van der Waals surface area contributed by atoms with Crippen LogP contribution in [-0.2, 0) is 9.59 Å². The van der Waals surface area contributed by atoms with Crippen LogP contribution in [0.4, 0.5) is 24.7 Å². The standard InChI is InChI=1S/C15H14F3N3O4S/c1-9-6-12(21-25-9)20-14(23)8-26-7-13(22)19-10-2-4-11(5-3-10)24-15(16,17)18/h2-6H,7-8H2,1H3,(H,19,22)(H,20,21,23). The summed E-state index contributed by atoms with van der Waals surface area (Å²) in [6.07, 6.45) is -4.77. The molecule has 2 amide bonds. The number of rotatable bonds is 7. The van der Waals surface area contributed by atoms with E-state index in [0.717, 1.165) is 23.9 Å². The number of alkyl halides is 3. The highest BCUT2D eigenvalue weighted by molar-refractivity contribution is 8.00. The first kappa shape index (κ1) is 19.6. The molecule has 1 heterocycles. The molecule has 2 N–H and O–H groups in total. The van der Waals surface area contributed by atoms with Crippen molar-refractivity contribution in [1.82, 2.24) is 5.16 Å². The number of aryl methyl sites for hydroxylation is 1. The van der Waals surface area contributed by atoms with Gasteiger partial charge in [0.15, 0.2) is 5.82 Å². The van der Waals surface area contributed by atoms with E-state index in [0.29, 0.717) is 17.3 Å². The summed E-state index contributed by atoms with van der Waals surface area (Å²) >= 11 is 1.07. The average Bonchev–Trinajstić information content (AvgIpc) is 2.93. The Labute approximate surface area is 150 Å². The van der Waals surface area contributed by atoms with Crippen LogP contribution < -0.4 is 15.4 Å². The molecule has 1 aromatic carbocycles. The molecule has 140 valence electrons. The van der Waals surface area contributed by atoms with E-state index in [-0.39, 0.29) is 23.2 Å². The van der Waals surface area contributed by atoms with E-state index < -0.39 is 12.3 Å². The number of carbonyl (C=O) groups is 2. The highest BCUT2D eigenvalue weighted by Crippen LogP contribution is 2.24. The molecule has 1 aromatic heterocycles. The van der Waals surface area contributed by atoms with Gasteiger partial charge >= 0.3 is 6.36 Å². The van der Waals surface area contributed by atoms with Crippen molar-refractivity contribution in [2.24, 2.45) is 0 Å². The third kappa shape index (κ3) is 7.05. The number of hydrogen-bond acceptors (Lipinski definition) is 6. The molecule has 0 bridgehead atoms. The number of ether oxygens (including phenoxy) is 1. The molecule has 2 aromatic rings. The first-order valence-corrected chi connectivity index (χ1v) is 8.33. The minimum Gasteiger partial charge on any atom is -0.406 e. The van der Waals surface area contributed by atoms with Crippen molar-refractivity contribution >= 4 is 35.1 Å². The maximum absolute atomic E-state index is 12.1. The smallest absolute Gasteiger partial charge is 0.406 e. The first-order chi connectivity index (χ1) is 12.2. The Morgan fingerprint density at radius 1 is 1.15 bits per heavy atom. The van der Waals surface area contributed by atoms with Crippen molar-refractivity contribution in [2.75, 3.05) is 22.1 Å². The zero-order chi connectivity index (χ0) is 19.2. The molecule has 0 atom stereocenters. The molecule has 26 heavy (non-hydrogen) atoms. The third-order valence-electron chi connectivity index (χ3n) is 2.73. The molecule has 0 aliphatic carbocycles. The molecule has 0 aliphatic rings. The zero-order valence-corrected chi connectivity index (χ0v) is 14.2. The van der Waals surface area contributed by atoms with E-state index >= 15 is 0 Å². The Kier molecular flexibility index (Phi) is 6.50. The topological polar surface area (TPSA) is 93.5 Å². The van der Waals surface area contributed by atoms with Gasteiger partial charge in [-0.2, -0.15) is 0 Å². The molecule has 2 rings (SSSR count). The zero-order valence-electron chi connectivity index (χ0n) is 13.4. The van der Waals surface area contributed by atoms with Gasteiger partial charge in [0.2, 0.25) is 11.8 Å². The number of amides is 2. The molecule has 0 saturated carbocycles. The van der Waals surface area contributed by atoms with E-state index in [4.69, 9.17) is 4.52 Å². The normalized spacial score (nSPS) is 11.1. The quantitative estimate of drug-likeness (QED) is 0.756. The fraction of sp³-hybridized carbons (Fsp3) is 0.267. The monoisotopic (exact) mass is 389 g/mol. The maximum atomic E-state index is 12.1. The van der Waals surface area contributed by atoms with Gasteiger partial charge in [-0.15, -0.1) is 24.9 Å². The molecular formula is C15H14F3N3O4S. The molecule has 0 spiro atoms. The van der Waals surface area contributed by atoms with Crippen LogP contribution >= 0.6 is 11.8 Å². The summed E-state index contributed by atoms with van der Waals surface area (Å²) in [5.41, 5.74) is 0.313. The van der Waals surface area contributed by atoms with Crippen LogP contribution in [0.3, 0.4) is 0 Å². The van der Waals surface area contributed by atoms with Gasteiger partial charge in [-0.3, -0.25) is 9.59 Å². The Morgan fingerprint density at radius 2 is 1.77 bits per heavy atom. The van der Waals surface area contributed by atoms with Crippen molar-refractivity contribution in [3.8, 4) is 5.75 Å². The van der Waals surface area contributed by atoms with Crippen LogP contribution in [0.2, 0.25) is 0 Å². The Morgan fingerprint density at radius 3 is 2.31 bits per heavy atom. The van der Waals surface area contributed by atoms with Crippen LogP contribution in [0.25, 0.3) is 0 Å². The predicted molar refractivity (Wildman–Crippen MR) is 88.9 cm³/mol. The molecular weight excluding hydrogens is 375 g/mol. The third-order valence-corrected chi connectivity index (χ3v) is 3.67. The SMILES string of the molecule is Cc1cc(NC(=O)CSCC(=O)Nc2ccc(OC(F)(F)F)cc2)no1. The number of benzene rings is 1. The van der Waals surface area contributed by atoms with Gasteiger partial charge in [-0.1, -0.05) is 5.16 Å². The second-order valence-corrected chi connectivity index (χ2v) is 5.97. The summed E-state index contributed by atoms with van der Waals surface area (Å²) < 4.78 is 44.7. The number of nitrogens with zero attached hydrogens (tertiary/aromatic N) is 1. The number of nitrogens with one attached hydrogen (secondary N) is 2. The fourth-order valence-electron chi connectivity index (χ4n) is 1.78. The molecule has 0 saturated heterocycles. The van der Waals surface area contributed by atoms with Gasteiger partial charge in [0.05, 0.1) is 11.5 Å². The first-order valence-electron chi connectivity index (χ1n) is 7.18. The highest BCUT2D eigenvalue weighted by Gasteiger charge is 2.30. The summed E-state index contributed by atoms with van der Waals surface area (Å²) in [6, 6.07) is 6.29. The Hall–Kier alpha value is -2.69. The van der Waals surface area contributed by atoms with Gasteiger partial charge in [0, 0.05) is 11.8 Å². The highest BCUT2D eigenvalue weighted by atomic mass is 32.2. The second-order valence-electron chi connectivity index (χ2n) is 4.98. The van der Waals surface area contributed by atoms with E-state index in [1.807, 2.05) is 0 Å². The lowest BCUT2D eigenvalue weighted by Gasteiger charge is -2.10. The number of halogens is 3. The Balaban J connectivity index is 1.70. The van der Waals surface area contributed by atoms with Crippen LogP contribution in [0.5, 0.6) is 5.75 Å². The van der Waals surface area contributed by atoms with Crippen molar-refractivity contribution < 1.29 is 32.0 Å². The van der Waals surface area contributed by atoms with Crippen molar-refractivity contribution in [3.05, 3.63) is 36.1 Å². The summed E-state index contributed by atoms with van der Waals surface area (Å²) in [5, 5.41) is 8.62. The van der Waals surface area contributed by atoms with Crippen LogP contribution in [0.1, 0.15) is 5.76 Å². The summed E-state index contributed by atoms with van der Waals surface area (Å²) in [5.74, 6) is -0.263. The lowest BCUT2D eigenvalue weighted by Crippen LogP contribution is -2.19. The lowest BCUT2D eigenvalue weighted by molar-refractivity contribution is -0.274. The van der Waals surface area contributed by atoms with Crippen molar-refractivity contribution in [2.45, 2.75) is 13.3 Å². The van der Waals surface area contributed by atoms with Gasteiger partial charge in [0.1, 0.15) is 11.5 Å². The molecule has 0 fully saturated rings. The van der Waals surface area contributed by atoms with Crippen molar-refractivity contribution in [1.29, 1.82) is 0 Å². The van der Waals surface area contributed by atoms with Gasteiger partial charge < -0.3 is 19.9 Å². The lowest BCUT2D eigenvalue weighted by atomic mass is 10.3. The minimum absolute atomic E-state index is 0.00787. The predicted octanol–water partition coefficient (Wildman–Crippen LogP) is 3.19. The molecule has 11 heteroatoms. The number of thioether (sulfide) groups is 1. The Bertz CT molecular complexity index is 762. The molecule has 0 aliphatic heterocycles. The average molecular weight is 389 g/mol. The number of carbonyl (C=O) groups excluding carboxylic acids is 2. The molecule has 0 unspecified atom stereocenters. The number of hydrogen-bond donors (Lipinski definition) is 2. The summed E-state index contributed by atoms with van der Waals surface area (Å²) in [7, 11) is 0. The number of anilines is 2. The van der Waals surface area contributed by atoms with Crippen LogP contribution in [0, 0.1) is 6.92 Å². The largest absolute Gasteiger partial charge is 0.573 e. The minimum atomic E-state index is -4.77. The van der Waals surface area contributed by atoms with Crippen molar-refractivity contribution in [3.63, 3.8) is 0 Å². The maximum Gasteiger partial charge on any atom is 0.573 e. The van der Waals surface area contributed by atoms with Crippen LogP contribution in [-0.4, -0.2) is 34.8 Å². The second kappa shape index (κ2) is 8.61. The van der Waals surface area contributed by atoms with E-state index in [2.05, 4.69) is 20.5 Å². The molecule has 7 nitrogen and oxygen atoms in total. The van der Waals surface area contributed by atoms with E-state index in [9.17, 15) is 22.8 Å². The van der Waals surface area contributed by atoms with Gasteiger partial charge in [0.25, 0.3) is 0 Å². The van der Waals surface area contributed by atoms with E-state index in [1.54, 1.807) is 13.0 Å². The van der Waals surface area contributed by atoms with Gasteiger partial charge in [-0.25, -0.2) is 0 Å². The van der Waals surface area contributed by atoms with Gasteiger partial charge in [-0.05, 0) is 31.2 Å². The summed E-state index contributed by atoms with van der Waals surface area (Å²) in [6.45, 7) is 1.68. The molecule has 0 radical (unpaired) electrons. The van der Waals surface area contributed by atoms with Crippen LogP contribution in [0.15, 0.2) is 34.9 Å². The number of aromatic nitrogens is 1. The summed E-state index contributed by atoms with van der Waals surface area (Å²) in [4.78, 5) is 23.4. The fourth-order valence-corrected chi connectivity index (χ4v) is 2.39.